The molecule has 27 heavy (non-hydrogen) atoms. The summed E-state index contributed by atoms with van der Waals surface area (Å²) in [5.41, 5.74) is 2.59. The number of rotatable bonds is 4. The number of carbonyl (C=O) groups excluding carboxylic acids is 1. The summed E-state index contributed by atoms with van der Waals surface area (Å²) in [6.07, 6.45) is 4.74. The Hall–Kier alpha value is -2.07. The van der Waals surface area contributed by atoms with E-state index in [1.54, 1.807) is 0 Å². The zero-order valence-electron chi connectivity index (χ0n) is 16.1. The van der Waals surface area contributed by atoms with Gasteiger partial charge in [-0.3, -0.25) is 0 Å². The summed E-state index contributed by atoms with van der Waals surface area (Å²) in [5.74, 6) is 0. The van der Waals surface area contributed by atoms with Crippen molar-refractivity contribution < 1.29 is 9.53 Å². The Kier molecular flexibility index (Phi) is 5.75. The number of benzene rings is 2. The summed E-state index contributed by atoms with van der Waals surface area (Å²) >= 11 is 3.65. The molecule has 142 valence electrons. The van der Waals surface area contributed by atoms with Crippen LogP contribution in [0.25, 0.3) is 10.6 Å². The highest BCUT2D eigenvalue weighted by Gasteiger charge is 2.41. The van der Waals surface area contributed by atoms with Crippen molar-refractivity contribution in [1.82, 2.24) is 5.32 Å². The van der Waals surface area contributed by atoms with Crippen LogP contribution in [-0.4, -0.2) is 11.7 Å². The van der Waals surface area contributed by atoms with E-state index in [0.29, 0.717) is 0 Å². The first-order valence-corrected chi connectivity index (χ1v) is 10.1. The van der Waals surface area contributed by atoms with Gasteiger partial charge in [0.2, 0.25) is 0 Å². The molecule has 3 nitrogen and oxygen atoms in total. The normalized spacial score (nSPS) is 16.4. The molecule has 0 radical (unpaired) electrons. The van der Waals surface area contributed by atoms with E-state index >= 15 is 0 Å². The van der Waals surface area contributed by atoms with Crippen molar-refractivity contribution in [3.05, 3.63) is 71.3 Å². The molecule has 0 aliphatic heterocycles. The van der Waals surface area contributed by atoms with Gasteiger partial charge in [0.15, 0.2) is 0 Å². The maximum absolute atomic E-state index is 12.3. The van der Waals surface area contributed by atoms with Gasteiger partial charge in [-0.1, -0.05) is 70.5 Å². The molecular formula is C23H26BrNO2. The molecule has 1 amide bonds. The Morgan fingerprint density at radius 2 is 1.70 bits per heavy atom. The van der Waals surface area contributed by atoms with Crippen LogP contribution in [-0.2, 0) is 10.3 Å². The number of ether oxygens (including phenoxy) is 1. The molecule has 0 aromatic heterocycles. The lowest BCUT2D eigenvalue weighted by molar-refractivity contribution is 0.0377. The first-order valence-electron chi connectivity index (χ1n) is 9.32. The molecule has 1 aliphatic rings. The van der Waals surface area contributed by atoms with E-state index in [0.717, 1.165) is 40.4 Å². The molecule has 1 aliphatic carbocycles. The fourth-order valence-electron chi connectivity index (χ4n) is 3.24. The van der Waals surface area contributed by atoms with Gasteiger partial charge < -0.3 is 10.1 Å². The highest BCUT2D eigenvalue weighted by molar-refractivity contribution is 9.15. The van der Waals surface area contributed by atoms with Crippen LogP contribution in [0.4, 0.5) is 4.79 Å². The fourth-order valence-corrected chi connectivity index (χ4v) is 3.77. The monoisotopic (exact) mass is 427 g/mol. The van der Waals surface area contributed by atoms with Gasteiger partial charge in [-0.05, 0) is 62.8 Å². The third-order valence-electron chi connectivity index (χ3n) is 4.75. The zero-order valence-corrected chi connectivity index (χ0v) is 17.7. The van der Waals surface area contributed by atoms with E-state index < -0.39 is 5.60 Å². The highest BCUT2D eigenvalue weighted by Crippen LogP contribution is 2.41. The second kappa shape index (κ2) is 7.89. The minimum atomic E-state index is -0.493. The van der Waals surface area contributed by atoms with E-state index in [1.807, 2.05) is 39.0 Å². The smallest absolute Gasteiger partial charge is 0.408 e. The summed E-state index contributed by atoms with van der Waals surface area (Å²) in [7, 11) is 0. The van der Waals surface area contributed by atoms with Crippen molar-refractivity contribution in [3.8, 4) is 0 Å². The Labute approximate surface area is 169 Å². The molecule has 3 rings (SSSR count). The standard InChI is InChI=1S/C23H26BrNO2/c1-22(2,3)27-21(26)25-23(14-7-15-23)19-12-10-17(11-13-19)16-20(24)18-8-5-4-6-9-18/h4-6,8-13,16H,7,14-15H2,1-3H3,(H,25,26). The van der Waals surface area contributed by atoms with Crippen LogP contribution < -0.4 is 5.32 Å². The maximum Gasteiger partial charge on any atom is 0.408 e. The first kappa shape index (κ1) is 19.7. The van der Waals surface area contributed by atoms with Crippen LogP contribution in [0.15, 0.2) is 54.6 Å². The molecule has 1 fully saturated rings. The number of alkyl carbamates (subject to hydrolysis) is 1. The number of nitrogens with one attached hydrogen (secondary N) is 1. The van der Waals surface area contributed by atoms with Gasteiger partial charge in [0.05, 0.1) is 5.54 Å². The third kappa shape index (κ3) is 5.01. The second-order valence-corrected chi connectivity index (χ2v) is 8.90. The quantitative estimate of drug-likeness (QED) is 0.566. The van der Waals surface area contributed by atoms with Crippen molar-refractivity contribution in [3.63, 3.8) is 0 Å². The van der Waals surface area contributed by atoms with Crippen LogP contribution in [0.1, 0.15) is 56.7 Å². The molecule has 4 heteroatoms. The summed E-state index contributed by atoms with van der Waals surface area (Å²) in [5, 5.41) is 3.10. The zero-order chi connectivity index (χ0) is 19.5. The minimum Gasteiger partial charge on any atom is -0.444 e. The van der Waals surface area contributed by atoms with Crippen molar-refractivity contribution >= 4 is 32.6 Å². The molecule has 0 heterocycles. The number of halogens is 1. The predicted molar refractivity (Wildman–Crippen MR) is 115 cm³/mol. The Bertz CT molecular complexity index is 816. The van der Waals surface area contributed by atoms with Crippen molar-refractivity contribution in [2.24, 2.45) is 0 Å². The molecule has 0 unspecified atom stereocenters. The van der Waals surface area contributed by atoms with E-state index in [1.165, 1.54) is 0 Å². The Morgan fingerprint density at radius 3 is 2.22 bits per heavy atom. The number of amides is 1. The highest BCUT2D eigenvalue weighted by atomic mass is 79.9. The molecule has 2 aromatic carbocycles. The first-order chi connectivity index (χ1) is 12.8. The number of carbonyl (C=O) groups is 1. The van der Waals surface area contributed by atoms with Gasteiger partial charge in [-0.15, -0.1) is 0 Å². The fraction of sp³-hybridized carbons (Fsp3) is 0.348. The van der Waals surface area contributed by atoms with Crippen LogP contribution >= 0.6 is 15.9 Å². The summed E-state index contributed by atoms with van der Waals surface area (Å²) in [4.78, 5) is 12.3. The predicted octanol–water partition coefficient (Wildman–Crippen LogP) is 6.48. The summed E-state index contributed by atoms with van der Waals surface area (Å²) in [6.45, 7) is 5.64. The topological polar surface area (TPSA) is 38.3 Å². The lowest BCUT2D eigenvalue weighted by atomic mass is 9.72. The lowest BCUT2D eigenvalue weighted by Crippen LogP contribution is -2.52. The van der Waals surface area contributed by atoms with Gasteiger partial charge in [0, 0.05) is 4.48 Å². The summed E-state index contributed by atoms with van der Waals surface area (Å²) in [6, 6.07) is 18.6. The van der Waals surface area contributed by atoms with Crippen LogP contribution in [0, 0.1) is 0 Å². The number of hydrogen-bond acceptors (Lipinski definition) is 2. The SMILES string of the molecule is CC(C)(C)OC(=O)NC1(c2ccc(C=C(Br)c3ccccc3)cc2)CCC1. The summed E-state index contributed by atoms with van der Waals surface area (Å²) < 4.78 is 6.49. The lowest BCUT2D eigenvalue weighted by Gasteiger charge is -2.43. The Balaban J connectivity index is 1.74. The molecule has 0 atom stereocenters. The molecular weight excluding hydrogens is 402 g/mol. The molecule has 2 aromatic rings. The van der Waals surface area contributed by atoms with Crippen molar-refractivity contribution in [1.29, 1.82) is 0 Å². The van der Waals surface area contributed by atoms with Gasteiger partial charge in [-0.25, -0.2) is 4.79 Å². The largest absolute Gasteiger partial charge is 0.444 e. The third-order valence-corrected chi connectivity index (χ3v) is 5.44. The van der Waals surface area contributed by atoms with Crippen molar-refractivity contribution in [2.75, 3.05) is 0 Å². The van der Waals surface area contributed by atoms with Crippen molar-refractivity contribution in [2.45, 2.75) is 51.2 Å². The minimum absolute atomic E-state index is 0.304. The van der Waals surface area contributed by atoms with Crippen LogP contribution in [0.3, 0.4) is 0 Å². The maximum atomic E-state index is 12.3. The van der Waals surface area contributed by atoms with Crippen LogP contribution in [0.2, 0.25) is 0 Å². The van der Waals surface area contributed by atoms with E-state index in [9.17, 15) is 4.79 Å². The average Bonchev–Trinajstić information content (AvgIpc) is 2.58. The van der Waals surface area contributed by atoms with Gasteiger partial charge >= 0.3 is 6.09 Å². The van der Waals surface area contributed by atoms with Gasteiger partial charge in [0.25, 0.3) is 0 Å². The molecule has 0 bridgehead atoms. The van der Waals surface area contributed by atoms with E-state index in [4.69, 9.17) is 4.74 Å². The van der Waals surface area contributed by atoms with Gasteiger partial charge in [0.1, 0.15) is 5.60 Å². The molecule has 0 saturated heterocycles. The molecule has 1 N–H and O–H groups in total. The molecule has 1 saturated carbocycles. The second-order valence-electron chi connectivity index (χ2n) is 8.04. The molecule has 0 spiro atoms. The van der Waals surface area contributed by atoms with E-state index in [2.05, 4.69) is 63.7 Å². The van der Waals surface area contributed by atoms with Crippen LogP contribution in [0.5, 0.6) is 0 Å². The number of hydrogen-bond donors (Lipinski definition) is 1. The van der Waals surface area contributed by atoms with E-state index in [-0.39, 0.29) is 11.6 Å². The Morgan fingerprint density at radius 1 is 1.07 bits per heavy atom. The van der Waals surface area contributed by atoms with Gasteiger partial charge in [-0.2, -0.15) is 0 Å². The average molecular weight is 428 g/mol.